The van der Waals surface area contributed by atoms with E-state index in [-0.39, 0.29) is 0 Å². The molecule has 2 rings (SSSR count). The molecule has 0 N–H and O–H groups in total. The average molecular weight is 185 g/mol. The Hall–Kier alpha value is -1.04. The van der Waals surface area contributed by atoms with Crippen molar-refractivity contribution in [3.8, 4) is 0 Å². The first-order valence-electron chi connectivity index (χ1n) is 5.48. The second-order valence-corrected chi connectivity index (χ2v) is 3.87. The molecule has 14 heavy (non-hydrogen) atoms. The molecule has 0 nitrogen and oxygen atoms in total. The molecule has 0 spiro atoms. The van der Waals surface area contributed by atoms with Gasteiger partial charge in [0, 0.05) is 6.42 Å². The molecule has 0 heterocycles. The summed E-state index contributed by atoms with van der Waals surface area (Å²) in [6, 6.07) is 6.68. The Balaban J connectivity index is 2.36. The van der Waals surface area contributed by atoms with E-state index >= 15 is 0 Å². The van der Waals surface area contributed by atoms with Crippen molar-refractivity contribution in [1.29, 1.82) is 0 Å². The monoisotopic (exact) mass is 185 g/mol. The van der Waals surface area contributed by atoms with Crippen LogP contribution in [0.2, 0.25) is 0 Å². The van der Waals surface area contributed by atoms with Crippen molar-refractivity contribution in [2.45, 2.75) is 33.1 Å². The van der Waals surface area contributed by atoms with Crippen LogP contribution in [0.3, 0.4) is 0 Å². The zero-order chi connectivity index (χ0) is 9.97. The van der Waals surface area contributed by atoms with Gasteiger partial charge >= 0.3 is 0 Å². The number of allylic oxidation sites excluding steroid dienone is 2. The van der Waals surface area contributed by atoms with Crippen molar-refractivity contribution >= 4 is 0 Å². The summed E-state index contributed by atoms with van der Waals surface area (Å²) in [5.41, 5.74) is 6.00. The molecule has 1 radical (unpaired) electrons. The number of hydrogen-bond donors (Lipinski definition) is 0. The van der Waals surface area contributed by atoms with E-state index in [0.29, 0.717) is 0 Å². The topological polar surface area (TPSA) is 0 Å². The number of rotatable bonds is 2. The molecule has 0 heteroatoms. The highest BCUT2D eigenvalue weighted by Gasteiger charge is 2.12. The first-order valence-corrected chi connectivity index (χ1v) is 5.48. The van der Waals surface area contributed by atoms with E-state index in [4.69, 9.17) is 0 Å². The van der Waals surface area contributed by atoms with Crippen LogP contribution in [0.1, 0.15) is 37.0 Å². The van der Waals surface area contributed by atoms with Gasteiger partial charge < -0.3 is 0 Å². The number of aryl methyl sites for hydroxylation is 1. The SMILES string of the molecule is CCC1=C[CH]c2c(CC)cccc2C1. The van der Waals surface area contributed by atoms with Crippen LogP contribution in [0.15, 0.2) is 29.8 Å². The molecule has 1 aromatic rings. The van der Waals surface area contributed by atoms with Crippen LogP contribution in [-0.4, -0.2) is 0 Å². The van der Waals surface area contributed by atoms with Crippen LogP contribution in [0, 0.1) is 6.42 Å². The lowest BCUT2D eigenvalue weighted by Crippen LogP contribution is -2.04. The van der Waals surface area contributed by atoms with Gasteiger partial charge in [-0.3, -0.25) is 0 Å². The minimum Gasteiger partial charge on any atom is -0.0765 e. The molecule has 0 amide bonds. The Bertz CT molecular complexity index is 358. The van der Waals surface area contributed by atoms with Crippen molar-refractivity contribution in [2.75, 3.05) is 0 Å². The van der Waals surface area contributed by atoms with E-state index in [9.17, 15) is 0 Å². The van der Waals surface area contributed by atoms with Gasteiger partial charge in [0.2, 0.25) is 0 Å². The summed E-state index contributed by atoms with van der Waals surface area (Å²) in [6.07, 6.45) is 8.04. The predicted octanol–water partition coefficient (Wildman–Crippen LogP) is 3.69. The third-order valence-electron chi connectivity index (χ3n) is 3.02. The maximum atomic E-state index is 2.29. The second kappa shape index (κ2) is 4.00. The van der Waals surface area contributed by atoms with Crippen LogP contribution >= 0.6 is 0 Å². The fraction of sp³-hybridized carbons (Fsp3) is 0.357. The Morgan fingerprint density at radius 3 is 2.71 bits per heavy atom. The van der Waals surface area contributed by atoms with Crippen molar-refractivity contribution in [3.05, 3.63) is 53.0 Å². The van der Waals surface area contributed by atoms with Gasteiger partial charge in [-0.25, -0.2) is 0 Å². The molecular weight excluding hydrogens is 168 g/mol. The minimum atomic E-state index is 1.13. The van der Waals surface area contributed by atoms with Crippen LogP contribution in [0.5, 0.6) is 0 Å². The van der Waals surface area contributed by atoms with Crippen molar-refractivity contribution in [1.82, 2.24) is 0 Å². The highest BCUT2D eigenvalue weighted by molar-refractivity contribution is 5.48. The van der Waals surface area contributed by atoms with Gasteiger partial charge in [0.15, 0.2) is 0 Å². The average Bonchev–Trinajstić information content (AvgIpc) is 2.27. The summed E-state index contributed by atoms with van der Waals surface area (Å²) in [7, 11) is 0. The highest BCUT2D eigenvalue weighted by atomic mass is 14.2. The lowest BCUT2D eigenvalue weighted by Gasteiger charge is -2.18. The molecular formula is C14H17. The zero-order valence-electron chi connectivity index (χ0n) is 9.01. The van der Waals surface area contributed by atoms with Gasteiger partial charge in [-0.1, -0.05) is 43.7 Å². The summed E-state index contributed by atoms with van der Waals surface area (Å²) in [5, 5.41) is 0. The fourth-order valence-electron chi connectivity index (χ4n) is 2.09. The molecule has 0 bridgehead atoms. The van der Waals surface area contributed by atoms with E-state index in [1.807, 2.05) is 0 Å². The van der Waals surface area contributed by atoms with Crippen molar-refractivity contribution in [3.63, 3.8) is 0 Å². The Labute approximate surface area is 86.7 Å². The van der Waals surface area contributed by atoms with Gasteiger partial charge in [0.1, 0.15) is 0 Å². The Morgan fingerprint density at radius 2 is 2.00 bits per heavy atom. The molecule has 0 aliphatic heterocycles. The van der Waals surface area contributed by atoms with Gasteiger partial charge in [-0.05, 0) is 36.0 Å². The van der Waals surface area contributed by atoms with Crippen molar-refractivity contribution < 1.29 is 0 Å². The molecule has 0 saturated heterocycles. The zero-order valence-corrected chi connectivity index (χ0v) is 9.01. The molecule has 1 aliphatic carbocycles. The first-order chi connectivity index (χ1) is 6.85. The Morgan fingerprint density at radius 1 is 1.14 bits per heavy atom. The van der Waals surface area contributed by atoms with Crippen LogP contribution in [-0.2, 0) is 12.8 Å². The lowest BCUT2D eigenvalue weighted by atomic mass is 9.87. The summed E-state index contributed by atoms with van der Waals surface area (Å²) >= 11 is 0. The third kappa shape index (κ3) is 1.61. The van der Waals surface area contributed by atoms with Gasteiger partial charge in [-0.15, -0.1) is 0 Å². The molecule has 1 aliphatic rings. The number of fused-ring (bicyclic) bond motifs is 1. The maximum Gasteiger partial charge on any atom is 0.0130 e. The molecule has 0 unspecified atom stereocenters. The number of hydrogen-bond acceptors (Lipinski definition) is 0. The summed E-state index contributed by atoms with van der Waals surface area (Å²) in [6.45, 7) is 4.46. The maximum absolute atomic E-state index is 2.29. The van der Waals surface area contributed by atoms with E-state index < -0.39 is 0 Å². The van der Waals surface area contributed by atoms with Crippen LogP contribution < -0.4 is 0 Å². The summed E-state index contributed by atoms with van der Waals surface area (Å²) in [4.78, 5) is 0. The largest absolute Gasteiger partial charge is 0.0765 e. The lowest BCUT2D eigenvalue weighted by molar-refractivity contribution is 0.963. The van der Waals surface area contributed by atoms with E-state index in [1.165, 1.54) is 23.1 Å². The second-order valence-electron chi connectivity index (χ2n) is 3.87. The third-order valence-corrected chi connectivity index (χ3v) is 3.02. The number of benzene rings is 1. The molecule has 1 aromatic carbocycles. The van der Waals surface area contributed by atoms with Gasteiger partial charge in [-0.2, -0.15) is 0 Å². The van der Waals surface area contributed by atoms with E-state index in [0.717, 1.165) is 12.8 Å². The van der Waals surface area contributed by atoms with Gasteiger partial charge in [0.05, 0.1) is 0 Å². The molecule has 0 saturated carbocycles. The van der Waals surface area contributed by atoms with E-state index in [2.05, 4.69) is 44.5 Å². The Kier molecular flexibility index (Phi) is 2.72. The first kappa shape index (κ1) is 9.51. The predicted molar refractivity (Wildman–Crippen MR) is 61.3 cm³/mol. The van der Waals surface area contributed by atoms with Crippen LogP contribution in [0.25, 0.3) is 0 Å². The highest BCUT2D eigenvalue weighted by Crippen LogP contribution is 2.26. The van der Waals surface area contributed by atoms with Crippen molar-refractivity contribution in [2.24, 2.45) is 0 Å². The normalized spacial score (nSPS) is 14.9. The smallest absolute Gasteiger partial charge is 0.0130 e. The molecule has 73 valence electrons. The van der Waals surface area contributed by atoms with Gasteiger partial charge in [0.25, 0.3) is 0 Å². The molecule has 0 atom stereocenters. The molecule has 0 aromatic heterocycles. The summed E-state index contributed by atoms with van der Waals surface area (Å²) < 4.78 is 0. The molecule has 0 fully saturated rings. The van der Waals surface area contributed by atoms with Crippen LogP contribution in [0.4, 0.5) is 0 Å². The minimum absolute atomic E-state index is 1.13. The van der Waals surface area contributed by atoms with E-state index in [1.54, 1.807) is 5.57 Å². The summed E-state index contributed by atoms with van der Waals surface area (Å²) in [5.74, 6) is 0. The quantitative estimate of drug-likeness (QED) is 0.659. The fourth-order valence-corrected chi connectivity index (χ4v) is 2.09. The standard InChI is InChI=1S/C14H17/c1-3-11-8-9-14-12(4-2)6-5-7-13(14)10-11/h5-9H,3-4,10H2,1-2H3.